The average Bonchev–Trinajstić information content (AvgIpc) is 2.32. The van der Waals surface area contributed by atoms with Crippen molar-refractivity contribution in [1.82, 2.24) is 4.90 Å². The van der Waals surface area contributed by atoms with Gasteiger partial charge in [-0.2, -0.15) is 0 Å². The maximum Gasteiger partial charge on any atom is 0.306 e. The quantitative estimate of drug-likeness (QED) is 0.871. The van der Waals surface area contributed by atoms with Gasteiger partial charge in [0, 0.05) is 23.8 Å². The molecule has 0 aromatic heterocycles. The second-order valence-electron chi connectivity index (χ2n) is 5.14. The molecule has 20 heavy (non-hydrogen) atoms. The first-order valence-electron chi connectivity index (χ1n) is 6.46. The van der Waals surface area contributed by atoms with Crippen molar-refractivity contribution < 1.29 is 14.7 Å². The minimum atomic E-state index is -0.780. The fraction of sp³-hybridized carbons (Fsp3) is 0.429. The molecule has 2 N–H and O–H groups in total. The zero-order valence-corrected chi connectivity index (χ0v) is 11.9. The van der Waals surface area contributed by atoms with Crippen molar-refractivity contribution in [2.75, 3.05) is 25.0 Å². The number of carbonyl (C=O) groups excluding carboxylic acids is 1. The Hall–Kier alpha value is -1.59. The van der Waals surface area contributed by atoms with Gasteiger partial charge in [0.2, 0.25) is 5.91 Å². The minimum Gasteiger partial charge on any atom is -0.481 e. The van der Waals surface area contributed by atoms with Crippen molar-refractivity contribution in [3.05, 3.63) is 29.3 Å². The largest absolute Gasteiger partial charge is 0.481 e. The lowest BCUT2D eigenvalue weighted by Crippen LogP contribution is -2.53. The molecule has 1 atom stereocenters. The topological polar surface area (TPSA) is 69.6 Å². The van der Waals surface area contributed by atoms with Crippen molar-refractivity contribution in [3.63, 3.8) is 0 Å². The standard InChI is InChI=1S/C14H17ClN2O3/c1-9(14(19)20)10-6-17(7-10)8-13(18)16-12-4-2-3-11(15)5-12/h2-5,9-10H,6-8H2,1H3,(H,16,18)(H,19,20). The van der Waals surface area contributed by atoms with E-state index in [4.69, 9.17) is 16.7 Å². The van der Waals surface area contributed by atoms with Gasteiger partial charge in [-0.1, -0.05) is 24.6 Å². The fourth-order valence-corrected chi connectivity index (χ4v) is 2.42. The number of hydrogen-bond acceptors (Lipinski definition) is 3. The lowest BCUT2D eigenvalue weighted by atomic mass is 9.87. The monoisotopic (exact) mass is 296 g/mol. The first kappa shape index (κ1) is 14.8. The van der Waals surface area contributed by atoms with Gasteiger partial charge in [-0.3, -0.25) is 14.5 Å². The third-order valence-corrected chi connectivity index (χ3v) is 3.79. The Bertz CT molecular complexity index is 515. The highest BCUT2D eigenvalue weighted by Gasteiger charge is 2.35. The van der Waals surface area contributed by atoms with Crippen LogP contribution >= 0.6 is 11.6 Å². The van der Waals surface area contributed by atoms with Gasteiger partial charge in [0.15, 0.2) is 0 Å². The summed E-state index contributed by atoms with van der Waals surface area (Å²) >= 11 is 5.84. The molecule has 1 unspecified atom stereocenters. The number of carbonyl (C=O) groups is 2. The summed E-state index contributed by atoms with van der Waals surface area (Å²) in [4.78, 5) is 24.6. The molecule has 0 saturated carbocycles. The first-order chi connectivity index (χ1) is 9.45. The van der Waals surface area contributed by atoms with Crippen LogP contribution in [0, 0.1) is 11.8 Å². The Morgan fingerprint density at radius 2 is 2.20 bits per heavy atom. The number of rotatable bonds is 5. The molecule has 0 aliphatic carbocycles. The number of likely N-dealkylation sites (tertiary alicyclic amines) is 1. The fourth-order valence-electron chi connectivity index (χ4n) is 2.23. The van der Waals surface area contributed by atoms with Crippen molar-refractivity contribution in [3.8, 4) is 0 Å². The third kappa shape index (κ3) is 3.71. The molecule has 1 heterocycles. The van der Waals surface area contributed by atoms with Crippen LogP contribution in [0.4, 0.5) is 5.69 Å². The molecule has 108 valence electrons. The zero-order valence-electron chi connectivity index (χ0n) is 11.2. The molecule has 1 aromatic rings. The highest BCUT2D eigenvalue weighted by molar-refractivity contribution is 6.30. The smallest absolute Gasteiger partial charge is 0.306 e. The predicted octanol–water partition coefficient (Wildman–Crippen LogP) is 1.93. The summed E-state index contributed by atoms with van der Waals surface area (Å²) in [7, 11) is 0. The van der Waals surface area contributed by atoms with E-state index in [0.717, 1.165) is 0 Å². The van der Waals surface area contributed by atoms with Crippen molar-refractivity contribution in [1.29, 1.82) is 0 Å². The zero-order chi connectivity index (χ0) is 14.7. The molecule has 0 radical (unpaired) electrons. The van der Waals surface area contributed by atoms with Gasteiger partial charge < -0.3 is 10.4 Å². The molecule has 1 aliphatic rings. The highest BCUT2D eigenvalue weighted by atomic mass is 35.5. The molecule has 2 rings (SSSR count). The molecule has 5 nitrogen and oxygen atoms in total. The lowest BCUT2D eigenvalue weighted by molar-refractivity contribution is -0.145. The Morgan fingerprint density at radius 3 is 2.80 bits per heavy atom. The van der Waals surface area contributed by atoms with Gasteiger partial charge in [-0.25, -0.2) is 0 Å². The van der Waals surface area contributed by atoms with E-state index in [1.165, 1.54) is 0 Å². The van der Waals surface area contributed by atoms with E-state index in [1.54, 1.807) is 31.2 Å². The van der Waals surface area contributed by atoms with Crippen molar-refractivity contribution in [2.24, 2.45) is 11.8 Å². The number of nitrogens with one attached hydrogen (secondary N) is 1. The SMILES string of the molecule is CC(C(=O)O)C1CN(CC(=O)Nc2cccc(Cl)c2)C1. The third-order valence-electron chi connectivity index (χ3n) is 3.56. The van der Waals surface area contributed by atoms with E-state index in [0.29, 0.717) is 23.8 Å². The molecule has 1 aromatic carbocycles. The summed E-state index contributed by atoms with van der Waals surface area (Å²) in [5.41, 5.74) is 0.665. The highest BCUT2D eigenvalue weighted by Crippen LogP contribution is 2.23. The van der Waals surface area contributed by atoms with Gasteiger partial charge in [0.1, 0.15) is 0 Å². The van der Waals surface area contributed by atoms with Gasteiger partial charge in [0.05, 0.1) is 12.5 Å². The number of benzene rings is 1. The summed E-state index contributed by atoms with van der Waals surface area (Å²) < 4.78 is 0. The number of carboxylic acids is 1. The van der Waals surface area contributed by atoms with Gasteiger partial charge >= 0.3 is 5.97 Å². The van der Waals surface area contributed by atoms with Crippen molar-refractivity contribution >= 4 is 29.2 Å². The molecular weight excluding hydrogens is 280 g/mol. The van der Waals surface area contributed by atoms with Gasteiger partial charge in [-0.15, -0.1) is 0 Å². The van der Waals surface area contributed by atoms with E-state index in [-0.39, 0.29) is 24.3 Å². The Kier molecular flexibility index (Phi) is 4.62. The number of amides is 1. The lowest BCUT2D eigenvalue weighted by Gasteiger charge is -2.40. The van der Waals surface area contributed by atoms with Crippen LogP contribution in [0.25, 0.3) is 0 Å². The number of halogens is 1. The number of hydrogen-bond donors (Lipinski definition) is 2. The molecule has 1 aliphatic heterocycles. The maximum atomic E-state index is 11.8. The maximum absolute atomic E-state index is 11.8. The van der Waals surface area contributed by atoms with Crippen molar-refractivity contribution in [2.45, 2.75) is 6.92 Å². The van der Waals surface area contributed by atoms with Crippen LogP contribution in [-0.4, -0.2) is 41.5 Å². The van der Waals surface area contributed by atoms with Crippen LogP contribution in [0.2, 0.25) is 5.02 Å². The second kappa shape index (κ2) is 6.24. The summed E-state index contributed by atoms with van der Waals surface area (Å²) in [6, 6.07) is 6.97. The van der Waals surface area contributed by atoms with Crippen LogP contribution < -0.4 is 5.32 Å². The van der Waals surface area contributed by atoms with Crippen LogP contribution in [0.5, 0.6) is 0 Å². The summed E-state index contributed by atoms with van der Waals surface area (Å²) in [6.07, 6.45) is 0. The van der Waals surface area contributed by atoms with Crippen LogP contribution in [-0.2, 0) is 9.59 Å². The van der Waals surface area contributed by atoms with Crippen LogP contribution in [0.3, 0.4) is 0 Å². The molecular formula is C14H17ClN2O3. The first-order valence-corrected chi connectivity index (χ1v) is 6.84. The number of aliphatic carboxylic acids is 1. The second-order valence-corrected chi connectivity index (χ2v) is 5.58. The summed E-state index contributed by atoms with van der Waals surface area (Å²) in [6.45, 7) is 3.28. The predicted molar refractivity (Wildman–Crippen MR) is 76.8 cm³/mol. The van der Waals surface area contributed by atoms with E-state index < -0.39 is 5.97 Å². The van der Waals surface area contributed by atoms with Gasteiger partial charge in [0.25, 0.3) is 0 Å². The summed E-state index contributed by atoms with van der Waals surface area (Å²) in [5.74, 6) is -1.12. The van der Waals surface area contributed by atoms with Crippen LogP contribution in [0.15, 0.2) is 24.3 Å². The Balaban J connectivity index is 1.76. The normalized spacial score (nSPS) is 17.3. The van der Waals surface area contributed by atoms with E-state index >= 15 is 0 Å². The van der Waals surface area contributed by atoms with E-state index in [9.17, 15) is 9.59 Å². The Morgan fingerprint density at radius 1 is 1.50 bits per heavy atom. The molecule has 0 spiro atoms. The number of nitrogens with zero attached hydrogens (tertiary/aromatic N) is 1. The molecule has 6 heteroatoms. The molecule has 0 bridgehead atoms. The molecule has 1 amide bonds. The van der Waals surface area contributed by atoms with E-state index in [2.05, 4.69) is 5.32 Å². The van der Waals surface area contributed by atoms with E-state index in [1.807, 2.05) is 4.90 Å². The Labute approximate surface area is 122 Å². The number of anilines is 1. The van der Waals surface area contributed by atoms with Crippen LogP contribution in [0.1, 0.15) is 6.92 Å². The minimum absolute atomic E-state index is 0.117. The number of carboxylic acid groups (broad SMARTS) is 1. The van der Waals surface area contributed by atoms with Gasteiger partial charge in [-0.05, 0) is 24.1 Å². The molecule has 1 fully saturated rings. The summed E-state index contributed by atoms with van der Waals surface area (Å²) in [5, 5.41) is 12.2. The average molecular weight is 297 g/mol. The molecule has 1 saturated heterocycles.